The van der Waals surface area contributed by atoms with Gasteiger partial charge < -0.3 is 14.9 Å². The molecule has 1 aromatic carbocycles. The highest BCUT2D eigenvalue weighted by atomic mass is 79.9. The Morgan fingerprint density at radius 3 is 2.58 bits per heavy atom. The summed E-state index contributed by atoms with van der Waals surface area (Å²) in [6.45, 7) is 1.42. The van der Waals surface area contributed by atoms with Crippen molar-refractivity contribution in [2.24, 2.45) is 0 Å². The van der Waals surface area contributed by atoms with E-state index in [1.54, 1.807) is 41.4 Å². The van der Waals surface area contributed by atoms with Crippen LogP contribution in [0, 0.1) is 0 Å². The molecule has 1 aliphatic carbocycles. The first kappa shape index (κ1) is 17.0. The second-order valence-corrected chi connectivity index (χ2v) is 7.70. The molecule has 0 atom stereocenters. The number of halogens is 1. The summed E-state index contributed by atoms with van der Waals surface area (Å²) in [5, 5.41) is 10.1. The van der Waals surface area contributed by atoms with Gasteiger partial charge in [0.2, 0.25) is 0 Å². The number of piperazine rings is 1. The lowest BCUT2D eigenvalue weighted by Gasteiger charge is -2.42. The fraction of sp³-hybridized carbons (Fsp3) is 0.316. The summed E-state index contributed by atoms with van der Waals surface area (Å²) in [7, 11) is 0. The zero-order valence-electron chi connectivity index (χ0n) is 14.1. The van der Waals surface area contributed by atoms with Gasteiger partial charge in [-0.05, 0) is 43.2 Å². The molecule has 2 aromatic rings. The average Bonchev–Trinajstić information content (AvgIpc) is 3.40. The molecule has 1 N–H and O–H groups in total. The Labute approximate surface area is 159 Å². The van der Waals surface area contributed by atoms with Crippen LogP contribution >= 0.6 is 15.9 Å². The van der Waals surface area contributed by atoms with Crippen molar-refractivity contribution in [3.63, 3.8) is 0 Å². The molecule has 1 saturated heterocycles. The van der Waals surface area contributed by atoms with E-state index in [1.165, 1.54) is 6.07 Å². The Morgan fingerprint density at radius 1 is 1.12 bits per heavy atom. The Hall–Kier alpha value is -2.41. The fourth-order valence-electron chi connectivity index (χ4n) is 3.52. The fourth-order valence-corrected chi connectivity index (χ4v) is 3.87. The van der Waals surface area contributed by atoms with Crippen LogP contribution in [0.25, 0.3) is 0 Å². The quantitative estimate of drug-likeness (QED) is 0.817. The normalized spacial score (nSPS) is 18.0. The van der Waals surface area contributed by atoms with Crippen molar-refractivity contribution in [1.29, 1.82) is 0 Å². The van der Waals surface area contributed by atoms with E-state index in [-0.39, 0.29) is 23.1 Å². The Balaban J connectivity index is 1.53. The smallest absolute Gasteiger partial charge is 0.272 e. The van der Waals surface area contributed by atoms with Crippen LogP contribution in [0.3, 0.4) is 0 Å². The van der Waals surface area contributed by atoms with Crippen molar-refractivity contribution in [2.45, 2.75) is 18.4 Å². The molecular weight excluding hydrogens is 398 g/mol. The number of carbonyl (C=O) groups excluding carboxylic acids is 2. The predicted octanol–water partition coefficient (Wildman–Crippen LogP) is 2.68. The van der Waals surface area contributed by atoms with Gasteiger partial charge in [-0.25, -0.2) is 0 Å². The number of nitrogens with zero attached hydrogens (tertiary/aromatic N) is 3. The Kier molecular flexibility index (Phi) is 4.19. The third-order valence-corrected chi connectivity index (χ3v) is 5.58. The highest BCUT2D eigenvalue weighted by Crippen LogP contribution is 2.45. The molecule has 2 aliphatic rings. The molecule has 0 bridgehead atoms. The van der Waals surface area contributed by atoms with E-state index in [9.17, 15) is 14.7 Å². The van der Waals surface area contributed by atoms with Crippen LogP contribution in [0.5, 0.6) is 5.75 Å². The topological polar surface area (TPSA) is 73.7 Å². The van der Waals surface area contributed by atoms with E-state index < -0.39 is 0 Å². The molecule has 1 aliphatic heterocycles. The second-order valence-electron chi connectivity index (χ2n) is 6.78. The number of phenols is 1. The molecule has 1 saturated carbocycles. The lowest BCUT2D eigenvalue weighted by atomic mass is 10.1. The van der Waals surface area contributed by atoms with Crippen LogP contribution in [0.15, 0.2) is 47.1 Å². The number of hydrogen-bond acceptors (Lipinski definition) is 4. The van der Waals surface area contributed by atoms with Crippen LogP contribution in [-0.2, 0) is 0 Å². The lowest BCUT2D eigenvalue weighted by Crippen LogP contribution is -2.58. The minimum atomic E-state index is -0.320. The molecule has 2 fully saturated rings. The second kappa shape index (κ2) is 6.39. The van der Waals surface area contributed by atoms with E-state index in [1.807, 2.05) is 4.90 Å². The molecule has 0 radical (unpaired) electrons. The van der Waals surface area contributed by atoms with Gasteiger partial charge in [0.05, 0.1) is 11.1 Å². The van der Waals surface area contributed by atoms with Gasteiger partial charge in [-0.2, -0.15) is 0 Å². The molecule has 6 nitrogen and oxygen atoms in total. The maximum Gasteiger partial charge on any atom is 0.272 e. The van der Waals surface area contributed by atoms with Crippen LogP contribution in [0.2, 0.25) is 0 Å². The first-order valence-electron chi connectivity index (χ1n) is 8.51. The summed E-state index contributed by atoms with van der Waals surface area (Å²) >= 11 is 3.29. The van der Waals surface area contributed by atoms with E-state index >= 15 is 0 Å². The first-order valence-corrected chi connectivity index (χ1v) is 9.30. The number of benzene rings is 1. The molecule has 1 aromatic heterocycles. The molecule has 4 rings (SSSR count). The minimum Gasteiger partial charge on any atom is -0.507 e. The molecule has 7 heteroatoms. The predicted molar refractivity (Wildman–Crippen MR) is 98.9 cm³/mol. The average molecular weight is 416 g/mol. The van der Waals surface area contributed by atoms with Crippen LogP contribution in [0.4, 0.5) is 0 Å². The van der Waals surface area contributed by atoms with Crippen LogP contribution < -0.4 is 0 Å². The standard InChI is InChI=1S/C19H18BrN3O3/c20-13-4-5-14(16(24)11-13)17(25)23-10-9-22(12-19(23)6-7-19)18(26)15-3-1-2-8-21-15/h1-5,8,11,24H,6-7,9-10,12H2. The van der Waals surface area contributed by atoms with Gasteiger partial charge in [0.1, 0.15) is 11.4 Å². The summed E-state index contributed by atoms with van der Waals surface area (Å²) in [5.74, 6) is -0.319. The number of hydrogen-bond donors (Lipinski definition) is 1. The highest BCUT2D eigenvalue weighted by Gasteiger charge is 2.54. The minimum absolute atomic E-state index is 0.0350. The highest BCUT2D eigenvalue weighted by molar-refractivity contribution is 9.10. The molecule has 26 heavy (non-hydrogen) atoms. The van der Waals surface area contributed by atoms with Gasteiger partial charge in [0, 0.05) is 30.3 Å². The van der Waals surface area contributed by atoms with E-state index in [0.717, 1.165) is 17.3 Å². The van der Waals surface area contributed by atoms with Gasteiger partial charge in [-0.1, -0.05) is 22.0 Å². The number of aromatic nitrogens is 1. The maximum absolute atomic E-state index is 13.0. The zero-order chi connectivity index (χ0) is 18.3. The molecular formula is C19H18BrN3O3. The number of pyridine rings is 1. The van der Waals surface area contributed by atoms with Crippen LogP contribution in [0.1, 0.15) is 33.7 Å². The van der Waals surface area contributed by atoms with Crippen molar-refractivity contribution >= 4 is 27.7 Å². The summed E-state index contributed by atoms with van der Waals surface area (Å²) in [6, 6.07) is 10.2. The van der Waals surface area contributed by atoms with Gasteiger partial charge in [-0.3, -0.25) is 14.6 Å². The van der Waals surface area contributed by atoms with Gasteiger partial charge in [0.15, 0.2) is 0 Å². The van der Waals surface area contributed by atoms with Crippen molar-refractivity contribution in [3.05, 3.63) is 58.3 Å². The first-order chi connectivity index (χ1) is 12.5. The van der Waals surface area contributed by atoms with Crippen molar-refractivity contribution < 1.29 is 14.7 Å². The van der Waals surface area contributed by atoms with Crippen molar-refractivity contribution in [2.75, 3.05) is 19.6 Å². The number of phenolic OH excluding ortho intramolecular Hbond substituents is 1. The van der Waals surface area contributed by atoms with E-state index in [0.29, 0.717) is 30.9 Å². The Morgan fingerprint density at radius 2 is 1.92 bits per heavy atom. The molecule has 0 unspecified atom stereocenters. The van der Waals surface area contributed by atoms with Gasteiger partial charge >= 0.3 is 0 Å². The molecule has 2 amide bonds. The number of rotatable bonds is 2. The molecule has 2 heterocycles. The summed E-state index contributed by atoms with van der Waals surface area (Å²) in [4.78, 5) is 33.4. The summed E-state index contributed by atoms with van der Waals surface area (Å²) in [6.07, 6.45) is 3.33. The largest absolute Gasteiger partial charge is 0.507 e. The zero-order valence-corrected chi connectivity index (χ0v) is 15.6. The number of carbonyl (C=O) groups is 2. The monoisotopic (exact) mass is 415 g/mol. The maximum atomic E-state index is 13.0. The van der Waals surface area contributed by atoms with E-state index in [4.69, 9.17) is 0 Å². The van der Waals surface area contributed by atoms with Crippen molar-refractivity contribution in [3.8, 4) is 5.75 Å². The van der Waals surface area contributed by atoms with Gasteiger partial charge in [-0.15, -0.1) is 0 Å². The van der Waals surface area contributed by atoms with Crippen LogP contribution in [-0.4, -0.2) is 56.9 Å². The third-order valence-electron chi connectivity index (χ3n) is 5.09. The molecule has 1 spiro atoms. The SMILES string of the molecule is O=C(c1ccccn1)N1CCN(C(=O)c2ccc(Br)cc2O)C2(CC2)C1. The summed E-state index contributed by atoms with van der Waals surface area (Å²) < 4.78 is 0.721. The Bertz CT molecular complexity index is 868. The van der Waals surface area contributed by atoms with Gasteiger partial charge in [0.25, 0.3) is 11.8 Å². The number of aromatic hydroxyl groups is 1. The summed E-state index contributed by atoms with van der Waals surface area (Å²) in [5.41, 5.74) is 0.400. The number of amides is 2. The van der Waals surface area contributed by atoms with E-state index in [2.05, 4.69) is 20.9 Å². The lowest BCUT2D eigenvalue weighted by molar-refractivity contribution is 0.0329. The third kappa shape index (κ3) is 2.96. The molecule has 134 valence electrons. The van der Waals surface area contributed by atoms with Crippen molar-refractivity contribution in [1.82, 2.24) is 14.8 Å².